The number of hydrogen-bond acceptors (Lipinski definition) is 3. The van der Waals surface area contributed by atoms with Gasteiger partial charge in [0.2, 0.25) is 0 Å². The van der Waals surface area contributed by atoms with Gasteiger partial charge >= 0.3 is 8.80 Å². The Labute approximate surface area is 115 Å². The summed E-state index contributed by atoms with van der Waals surface area (Å²) in [5.74, 6) is 0. The first-order valence-electron chi connectivity index (χ1n) is 5.62. The molecule has 0 heterocycles. The van der Waals surface area contributed by atoms with Gasteiger partial charge in [0, 0.05) is 0 Å². The minimum Gasteiger partial charge on any atom is -0.432 e. The summed E-state index contributed by atoms with van der Waals surface area (Å²) in [6.45, 7) is 2.02. The van der Waals surface area contributed by atoms with E-state index in [1.54, 1.807) is 0 Å². The average Bonchev–Trinajstić information content (AvgIpc) is 2.39. The molecule has 19 heavy (non-hydrogen) atoms. The molecule has 3 nitrogen and oxygen atoms in total. The number of rotatable bonds is 6. The highest BCUT2D eigenvalue weighted by molar-refractivity contribution is 6.61. The lowest BCUT2D eigenvalue weighted by Crippen LogP contribution is -2.42. The van der Waals surface area contributed by atoms with E-state index in [2.05, 4.69) is 0 Å². The van der Waals surface area contributed by atoms with Gasteiger partial charge in [0.25, 0.3) is 0 Å². The summed E-state index contributed by atoms with van der Waals surface area (Å²) in [5.41, 5.74) is 2.29. The highest BCUT2D eigenvalue weighted by Crippen LogP contribution is 2.18. The molecule has 0 N–H and O–H groups in total. The van der Waals surface area contributed by atoms with Crippen molar-refractivity contribution in [2.24, 2.45) is 0 Å². The molecule has 0 fully saturated rings. The van der Waals surface area contributed by atoms with Crippen molar-refractivity contribution in [1.82, 2.24) is 0 Å². The van der Waals surface area contributed by atoms with Crippen LogP contribution < -0.4 is 0 Å². The van der Waals surface area contributed by atoms with Gasteiger partial charge < -0.3 is 13.3 Å². The lowest BCUT2D eigenvalue weighted by molar-refractivity contribution is 0.212. The van der Waals surface area contributed by atoms with Gasteiger partial charge in [0.1, 0.15) is 0 Å². The second-order valence-electron chi connectivity index (χ2n) is 3.83. The van der Waals surface area contributed by atoms with Gasteiger partial charge in [-0.2, -0.15) is 0 Å². The van der Waals surface area contributed by atoms with E-state index in [9.17, 15) is 0 Å². The van der Waals surface area contributed by atoms with E-state index in [1.807, 2.05) is 49.5 Å². The Morgan fingerprint density at radius 1 is 0.947 bits per heavy atom. The Bertz CT molecular complexity index is 488. The molecule has 0 aliphatic rings. The number of benzene rings is 1. The summed E-state index contributed by atoms with van der Waals surface area (Å²) < 4.78 is 15.3. The van der Waals surface area contributed by atoms with Crippen LogP contribution in [0.2, 0.25) is 6.04 Å². The molecule has 0 amide bonds. The lowest BCUT2D eigenvalue weighted by Gasteiger charge is -2.20. The third-order valence-electron chi connectivity index (χ3n) is 2.48. The van der Waals surface area contributed by atoms with Crippen LogP contribution in [0.4, 0.5) is 0 Å². The maximum atomic E-state index is 5.13. The van der Waals surface area contributed by atoms with Gasteiger partial charge in [0.05, 0.1) is 24.4 Å². The van der Waals surface area contributed by atoms with Crippen LogP contribution in [0.1, 0.15) is 11.1 Å². The molecule has 0 aliphatic heterocycles. The summed E-state index contributed by atoms with van der Waals surface area (Å²) in [6.07, 6.45) is 22.2. The van der Waals surface area contributed by atoms with Crippen molar-refractivity contribution in [3.8, 4) is 37.6 Å². The third kappa shape index (κ3) is 4.35. The van der Waals surface area contributed by atoms with Gasteiger partial charge in [-0.05, 0) is 18.9 Å². The molecule has 0 aliphatic carbocycles. The van der Waals surface area contributed by atoms with Crippen LogP contribution in [0.25, 0.3) is 0 Å². The van der Waals surface area contributed by atoms with Gasteiger partial charge in [-0.25, -0.2) is 0 Å². The quantitative estimate of drug-likeness (QED) is 0.586. The second-order valence-corrected chi connectivity index (χ2v) is 6.31. The molecule has 0 atom stereocenters. The van der Waals surface area contributed by atoms with E-state index >= 15 is 0 Å². The monoisotopic (exact) mass is 270 g/mol. The molecular formula is C15H14O3Si. The zero-order valence-electron chi connectivity index (χ0n) is 10.7. The van der Waals surface area contributed by atoms with E-state index in [1.165, 1.54) is 5.56 Å². The van der Waals surface area contributed by atoms with Crippen molar-refractivity contribution in [2.75, 3.05) is 0 Å². The molecule has 0 spiro atoms. The van der Waals surface area contributed by atoms with Crippen LogP contribution in [0, 0.1) is 44.5 Å². The standard InChI is InChI=1S/C15H14O3Si/c1-5-16-19(17-6-2,18-7-3)13-12-15-10-8-14(4)9-11-15/h1-3,8-11H,12-13H2,4H3. The van der Waals surface area contributed by atoms with Gasteiger partial charge in [-0.1, -0.05) is 49.1 Å². The largest absolute Gasteiger partial charge is 0.725 e. The van der Waals surface area contributed by atoms with Crippen molar-refractivity contribution in [2.45, 2.75) is 19.4 Å². The minimum atomic E-state index is -3.20. The predicted molar refractivity (Wildman–Crippen MR) is 75.2 cm³/mol. The van der Waals surface area contributed by atoms with Crippen LogP contribution >= 0.6 is 0 Å². The van der Waals surface area contributed by atoms with Crippen LogP contribution in [-0.2, 0) is 19.7 Å². The van der Waals surface area contributed by atoms with Crippen molar-refractivity contribution in [1.29, 1.82) is 0 Å². The Hall–Kier alpha value is -2.48. The molecule has 96 valence electrons. The Morgan fingerprint density at radius 3 is 1.84 bits per heavy atom. The van der Waals surface area contributed by atoms with E-state index in [-0.39, 0.29) is 0 Å². The summed E-state index contributed by atoms with van der Waals surface area (Å²) >= 11 is 0. The number of hydrogen-bond donors (Lipinski definition) is 0. The van der Waals surface area contributed by atoms with E-state index < -0.39 is 8.80 Å². The molecule has 4 heteroatoms. The normalized spacial score (nSPS) is 9.58. The zero-order valence-corrected chi connectivity index (χ0v) is 11.7. The molecule has 1 aromatic rings. The second kappa shape index (κ2) is 7.06. The fraction of sp³-hybridized carbons (Fsp3) is 0.200. The SMILES string of the molecule is C#CO[Si](CCc1ccc(C)cc1)(OC#C)OC#C. The first-order valence-corrected chi connectivity index (χ1v) is 7.55. The maximum Gasteiger partial charge on any atom is 0.725 e. The lowest BCUT2D eigenvalue weighted by atomic mass is 10.1. The van der Waals surface area contributed by atoms with Gasteiger partial charge in [-0.15, -0.1) is 0 Å². The Balaban J connectivity index is 2.78. The van der Waals surface area contributed by atoms with Gasteiger partial charge in [-0.3, -0.25) is 0 Å². The fourth-order valence-electron chi connectivity index (χ4n) is 1.54. The van der Waals surface area contributed by atoms with E-state index in [0.29, 0.717) is 12.5 Å². The zero-order chi connectivity index (χ0) is 14.1. The molecule has 0 saturated heterocycles. The van der Waals surface area contributed by atoms with E-state index in [4.69, 9.17) is 32.5 Å². The van der Waals surface area contributed by atoms with E-state index in [0.717, 1.165) is 5.56 Å². The van der Waals surface area contributed by atoms with Gasteiger partial charge in [0.15, 0.2) is 0 Å². The molecule has 0 saturated carbocycles. The van der Waals surface area contributed by atoms with Crippen molar-refractivity contribution in [3.63, 3.8) is 0 Å². The van der Waals surface area contributed by atoms with Crippen LogP contribution in [0.3, 0.4) is 0 Å². The van der Waals surface area contributed by atoms with Crippen LogP contribution in [0.5, 0.6) is 0 Å². The van der Waals surface area contributed by atoms with Crippen molar-refractivity contribution >= 4 is 8.80 Å². The van der Waals surface area contributed by atoms with Crippen molar-refractivity contribution in [3.05, 3.63) is 35.4 Å². The molecule has 0 radical (unpaired) electrons. The highest BCUT2D eigenvalue weighted by atomic mass is 28.4. The fourth-order valence-corrected chi connectivity index (χ4v) is 3.10. The summed E-state index contributed by atoms with van der Waals surface area (Å²) in [7, 11) is -3.20. The van der Waals surface area contributed by atoms with Crippen LogP contribution in [-0.4, -0.2) is 8.80 Å². The highest BCUT2D eigenvalue weighted by Gasteiger charge is 2.48. The Kier molecular flexibility index (Phi) is 5.42. The molecular weight excluding hydrogens is 256 g/mol. The predicted octanol–water partition coefficient (Wildman–Crippen LogP) is 2.30. The Morgan fingerprint density at radius 2 is 1.42 bits per heavy atom. The molecule has 0 aromatic heterocycles. The topological polar surface area (TPSA) is 27.7 Å². The first-order chi connectivity index (χ1) is 9.15. The molecule has 0 bridgehead atoms. The molecule has 1 rings (SSSR count). The number of aryl methyl sites for hydroxylation is 2. The van der Waals surface area contributed by atoms with Crippen LogP contribution in [0.15, 0.2) is 24.3 Å². The molecule has 0 unspecified atom stereocenters. The summed E-state index contributed by atoms with van der Waals surface area (Å²) in [5, 5.41) is 0. The smallest absolute Gasteiger partial charge is 0.432 e. The first kappa shape index (κ1) is 14.6. The number of terminal acetylenes is 3. The summed E-state index contributed by atoms with van der Waals surface area (Å²) in [4.78, 5) is 0. The van der Waals surface area contributed by atoms with Crippen molar-refractivity contribution < 1.29 is 13.3 Å². The maximum absolute atomic E-state index is 5.13. The molecule has 1 aromatic carbocycles. The third-order valence-corrected chi connectivity index (χ3v) is 4.63. The minimum absolute atomic E-state index is 0.411. The average molecular weight is 270 g/mol. The summed E-state index contributed by atoms with van der Waals surface area (Å²) in [6, 6.07) is 8.47.